The minimum Gasteiger partial charge on any atom is -0.479 e. The molecule has 0 spiro atoms. The second-order valence-corrected chi connectivity index (χ2v) is 7.92. The van der Waals surface area contributed by atoms with Crippen molar-refractivity contribution in [2.45, 2.75) is 90.6 Å². The molecule has 0 bridgehead atoms. The number of carboxylic acid groups (broad SMARTS) is 1. The maximum atomic E-state index is 12.0. The fourth-order valence-electron chi connectivity index (χ4n) is 2.84. The second kappa shape index (κ2) is 13.0. The number of hydrogen-bond donors (Lipinski definition) is 5. The molecular formula is C20H36O7. The van der Waals surface area contributed by atoms with Crippen molar-refractivity contribution in [2.24, 2.45) is 11.8 Å². The monoisotopic (exact) mass is 388 g/mol. The third kappa shape index (κ3) is 10.6. The van der Waals surface area contributed by atoms with Gasteiger partial charge in [0.05, 0.1) is 0 Å². The first kappa shape index (κ1) is 25.7. The molecule has 0 heterocycles. The minimum absolute atomic E-state index is 0.604. The summed E-state index contributed by atoms with van der Waals surface area (Å²) in [7, 11) is 0. The number of ketones is 1. The van der Waals surface area contributed by atoms with E-state index in [1.54, 1.807) is 6.92 Å². The van der Waals surface area contributed by atoms with Crippen LogP contribution in [0.25, 0.3) is 0 Å². The SMILES string of the molecule is CC(=CC(=O)C(O)[C@H](O)[C@@H](O)[C@H](O)C(=O)O)CCCC(C)CCCC(C)C. The Labute approximate surface area is 161 Å². The predicted molar refractivity (Wildman–Crippen MR) is 102 cm³/mol. The van der Waals surface area contributed by atoms with E-state index in [1.165, 1.54) is 25.3 Å². The molecule has 0 aliphatic heterocycles. The standard InChI is InChI=1S/C20H36O7/c1-12(2)7-5-8-13(3)9-6-10-14(4)11-15(21)16(22)17(23)18(24)19(25)20(26)27/h11-13,16-19,22-25H,5-10H2,1-4H3,(H,26,27)/t13?,16?,17-,18+,19-/m0/s1. The average Bonchev–Trinajstić information content (AvgIpc) is 2.58. The third-order valence-electron chi connectivity index (χ3n) is 4.68. The maximum Gasteiger partial charge on any atom is 0.335 e. The van der Waals surface area contributed by atoms with E-state index >= 15 is 0 Å². The molecule has 0 aliphatic rings. The molecule has 0 rings (SSSR count). The minimum atomic E-state index is -2.29. The Morgan fingerprint density at radius 3 is 1.89 bits per heavy atom. The molecule has 0 aromatic heterocycles. The number of carbonyl (C=O) groups is 2. The molecule has 5 N–H and O–H groups in total. The van der Waals surface area contributed by atoms with Crippen LogP contribution < -0.4 is 0 Å². The van der Waals surface area contributed by atoms with E-state index < -0.39 is 36.2 Å². The van der Waals surface area contributed by atoms with E-state index in [2.05, 4.69) is 20.8 Å². The zero-order chi connectivity index (χ0) is 21.1. The molecule has 0 radical (unpaired) electrons. The molecule has 0 saturated carbocycles. The highest BCUT2D eigenvalue weighted by molar-refractivity contribution is 5.94. The number of carbonyl (C=O) groups excluding carboxylic acids is 1. The summed E-state index contributed by atoms with van der Waals surface area (Å²) in [6.07, 6.45) is -1.14. The summed E-state index contributed by atoms with van der Waals surface area (Å²) in [6.45, 7) is 8.37. The molecule has 0 fully saturated rings. The van der Waals surface area contributed by atoms with E-state index in [-0.39, 0.29) is 0 Å². The number of aliphatic carboxylic acids is 1. The first-order valence-corrected chi connectivity index (χ1v) is 9.63. The lowest BCUT2D eigenvalue weighted by molar-refractivity contribution is -0.164. The molecule has 0 aromatic rings. The van der Waals surface area contributed by atoms with Gasteiger partial charge < -0.3 is 25.5 Å². The summed E-state index contributed by atoms with van der Waals surface area (Å²) in [5.74, 6) is -1.27. The van der Waals surface area contributed by atoms with Crippen LogP contribution in [0.1, 0.15) is 66.2 Å². The number of allylic oxidation sites excluding steroid dienone is 1. The molecule has 158 valence electrons. The predicted octanol–water partition coefficient (Wildman–Crippen LogP) is 1.66. The van der Waals surface area contributed by atoms with Crippen molar-refractivity contribution >= 4 is 11.8 Å². The van der Waals surface area contributed by atoms with Gasteiger partial charge in [-0.25, -0.2) is 4.79 Å². The molecule has 7 heteroatoms. The Hall–Kier alpha value is -1.28. The van der Waals surface area contributed by atoms with E-state index in [4.69, 9.17) is 5.11 Å². The summed E-state index contributed by atoms with van der Waals surface area (Å²) in [5.41, 5.74) is 0.730. The lowest BCUT2D eigenvalue weighted by atomic mass is 9.94. The second-order valence-electron chi connectivity index (χ2n) is 7.92. The Bertz CT molecular complexity index is 487. The van der Waals surface area contributed by atoms with Crippen LogP contribution >= 0.6 is 0 Å². The van der Waals surface area contributed by atoms with Gasteiger partial charge in [0, 0.05) is 0 Å². The highest BCUT2D eigenvalue weighted by Crippen LogP contribution is 2.19. The van der Waals surface area contributed by atoms with Crippen LogP contribution in [0.2, 0.25) is 0 Å². The first-order valence-electron chi connectivity index (χ1n) is 9.63. The number of carboxylic acids is 1. The molecule has 0 saturated heterocycles. The molecule has 5 atom stereocenters. The van der Waals surface area contributed by atoms with E-state index in [0.29, 0.717) is 18.3 Å². The van der Waals surface area contributed by atoms with Gasteiger partial charge >= 0.3 is 5.97 Å². The van der Waals surface area contributed by atoms with Crippen LogP contribution in [0.3, 0.4) is 0 Å². The molecule has 2 unspecified atom stereocenters. The summed E-state index contributed by atoms with van der Waals surface area (Å²) < 4.78 is 0. The van der Waals surface area contributed by atoms with Crippen molar-refractivity contribution in [3.05, 3.63) is 11.6 Å². The van der Waals surface area contributed by atoms with Crippen molar-refractivity contribution in [2.75, 3.05) is 0 Å². The number of aliphatic hydroxyl groups excluding tert-OH is 4. The number of aliphatic hydroxyl groups is 4. The Morgan fingerprint density at radius 1 is 0.852 bits per heavy atom. The van der Waals surface area contributed by atoms with Crippen LogP contribution in [-0.4, -0.2) is 61.7 Å². The Kier molecular flexibility index (Phi) is 12.4. The van der Waals surface area contributed by atoms with Crippen LogP contribution in [0.15, 0.2) is 11.6 Å². The molecule has 0 aromatic carbocycles. The fraction of sp³-hybridized carbons (Fsp3) is 0.800. The van der Waals surface area contributed by atoms with Gasteiger partial charge in [-0.05, 0) is 37.7 Å². The summed E-state index contributed by atoms with van der Waals surface area (Å²) in [4.78, 5) is 22.6. The smallest absolute Gasteiger partial charge is 0.335 e. The van der Waals surface area contributed by atoms with Gasteiger partial charge in [-0.15, -0.1) is 0 Å². The highest BCUT2D eigenvalue weighted by Gasteiger charge is 2.36. The van der Waals surface area contributed by atoms with Gasteiger partial charge in [-0.1, -0.05) is 52.0 Å². The van der Waals surface area contributed by atoms with E-state index in [1.807, 2.05) is 0 Å². The Balaban J connectivity index is 4.39. The van der Waals surface area contributed by atoms with Crippen LogP contribution in [0.5, 0.6) is 0 Å². The molecule has 7 nitrogen and oxygen atoms in total. The fourth-order valence-corrected chi connectivity index (χ4v) is 2.84. The van der Waals surface area contributed by atoms with Gasteiger partial charge in [0.15, 0.2) is 11.9 Å². The first-order chi connectivity index (χ1) is 12.5. The zero-order valence-corrected chi connectivity index (χ0v) is 16.8. The molecule has 27 heavy (non-hydrogen) atoms. The number of hydrogen-bond acceptors (Lipinski definition) is 6. The van der Waals surface area contributed by atoms with Crippen molar-refractivity contribution in [1.29, 1.82) is 0 Å². The maximum absolute atomic E-state index is 12.0. The topological polar surface area (TPSA) is 135 Å². The van der Waals surface area contributed by atoms with E-state index in [9.17, 15) is 30.0 Å². The summed E-state index contributed by atoms with van der Waals surface area (Å²) >= 11 is 0. The molecule has 0 amide bonds. The number of rotatable bonds is 14. The van der Waals surface area contributed by atoms with Gasteiger partial charge in [0.2, 0.25) is 0 Å². The normalized spacial score (nSPS) is 18.0. The van der Waals surface area contributed by atoms with Crippen LogP contribution in [-0.2, 0) is 9.59 Å². The lowest BCUT2D eigenvalue weighted by Gasteiger charge is -2.23. The third-order valence-corrected chi connectivity index (χ3v) is 4.68. The quantitative estimate of drug-likeness (QED) is 0.286. The van der Waals surface area contributed by atoms with Crippen molar-refractivity contribution in [3.8, 4) is 0 Å². The summed E-state index contributed by atoms with van der Waals surface area (Å²) in [5, 5.41) is 46.8. The highest BCUT2D eigenvalue weighted by atomic mass is 16.4. The van der Waals surface area contributed by atoms with Crippen molar-refractivity contribution in [1.82, 2.24) is 0 Å². The van der Waals surface area contributed by atoms with Crippen molar-refractivity contribution < 1.29 is 35.1 Å². The van der Waals surface area contributed by atoms with Crippen molar-refractivity contribution in [3.63, 3.8) is 0 Å². The molecule has 0 aliphatic carbocycles. The molecular weight excluding hydrogens is 352 g/mol. The summed E-state index contributed by atoms with van der Waals surface area (Å²) in [6, 6.07) is 0. The van der Waals surface area contributed by atoms with Crippen LogP contribution in [0.4, 0.5) is 0 Å². The van der Waals surface area contributed by atoms with E-state index in [0.717, 1.165) is 18.4 Å². The van der Waals surface area contributed by atoms with Gasteiger partial charge in [-0.2, -0.15) is 0 Å². The Morgan fingerprint density at radius 2 is 1.37 bits per heavy atom. The average molecular weight is 389 g/mol. The lowest BCUT2D eigenvalue weighted by Crippen LogP contribution is -2.49. The zero-order valence-electron chi connectivity index (χ0n) is 16.8. The van der Waals surface area contributed by atoms with Crippen LogP contribution in [0, 0.1) is 11.8 Å². The largest absolute Gasteiger partial charge is 0.479 e. The van der Waals surface area contributed by atoms with Gasteiger partial charge in [0.1, 0.15) is 18.3 Å². The van der Waals surface area contributed by atoms with Gasteiger partial charge in [-0.3, -0.25) is 4.79 Å². The van der Waals surface area contributed by atoms with Gasteiger partial charge in [0.25, 0.3) is 0 Å².